The Morgan fingerprint density at radius 2 is 1.32 bits per heavy atom. The monoisotopic (exact) mass is 409 g/mol. The van der Waals surface area contributed by atoms with Gasteiger partial charge in [0.1, 0.15) is 0 Å². The van der Waals surface area contributed by atoms with Crippen LogP contribution < -0.4 is 0 Å². The van der Waals surface area contributed by atoms with E-state index >= 15 is 0 Å². The smallest absolute Gasteiger partial charge is 0.0940 e. The summed E-state index contributed by atoms with van der Waals surface area (Å²) in [6.07, 6.45) is 1.38. The van der Waals surface area contributed by atoms with Gasteiger partial charge in [-0.05, 0) is 51.6 Å². The average molecular weight is 410 g/mol. The van der Waals surface area contributed by atoms with Crippen molar-refractivity contribution in [1.82, 2.24) is 4.90 Å². The third-order valence-corrected chi connectivity index (χ3v) is 7.15. The first-order valence-electron chi connectivity index (χ1n) is 11.2. The molecule has 0 spiro atoms. The minimum Gasteiger partial charge on any atom is -0.385 e. The van der Waals surface area contributed by atoms with Gasteiger partial charge in [-0.2, -0.15) is 0 Å². The minimum absolute atomic E-state index is 0.204. The Morgan fingerprint density at radius 3 is 1.94 bits per heavy atom. The molecule has 0 saturated carbocycles. The van der Waals surface area contributed by atoms with E-state index in [0.717, 1.165) is 12.1 Å². The molecule has 0 amide bonds. The quantitative estimate of drug-likeness (QED) is 0.470. The average Bonchev–Trinajstić information content (AvgIpc) is 2.79. The molecule has 2 saturated heterocycles. The van der Waals surface area contributed by atoms with Crippen molar-refractivity contribution in [1.29, 1.82) is 0 Å². The van der Waals surface area contributed by atoms with Gasteiger partial charge in [-0.1, -0.05) is 78.9 Å². The summed E-state index contributed by atoms with van der Waals surface area (Å²) in [5, 5.41) is 17.0. The highest BCUT2D eigenvalue weighted by Gasteiger charge is 2.48. The molecule has 4 aromatic rings. The van der Waals surface area contributed by atoms with Crippen molar-refractivity contribution in [2.24, 2.45) is 0 Å². The SMILES string of the molecule is OC1(c2c3ccccc3cc3ccccc23)CC2COCC(C1)N2Cc1ccccc1. The first-order valence-corrected chi connectivity index (χ1v) is 11.2. The third kappa shape index (κ3) is 3.25. The summed E-state index contributed by atoms with van der Waals surface area (Å²) < 4.78 is 5.96. The van der Waals surface area contributed by atoms with E-state index in [1.165, 1.54) is 27.1 Å². The van der Waals surface area contributed by atoms with Crippen molar-refractivity contribution >= 4 is 21.5 Å². The van der Waals surface area contributed by atoms with Gasteiger partial charge in [-0.3, -0.25) is 4.90 Å². The summed E-state index contributed by atoms with van der Waals surface area (Å²) in [5.41, 5.74) is 1.55. The van der Waals surface area contributed by atoms with Crippen LogP contribution in [0.3, 0.4) is 0 Å². The molecular formula is C28H27NO2. The minimum atomic E-state index is -0.868. The molecule has 2 atom stereocenters. The van der Waals surface area contributed by atoms with Gasteiger partial charge >= 0.3 is 0 Å². The van der Waals surface area contributed by atoms with Crippen LogP contribution in [-0.4, -0.2) is 35.3 Å². The summed E-state index contributed by atoms with van der Waals surface area (Å²) in [6, 6.07) is 30.3. The number of hydrogen-bond donors (Lipinski definition) is 1. The highest BCUT2D eigenvalue weighted by Crippen LogP contribution is 2.46. The van der Waals surface area contributed by atoms with Gasteiger partial charge in [-0.15, -0.1) is 0 Å². The maximum atomic E-state index is 12.2. The lowest BCUT2D eigenvalue weighted by molar-refractivity contribution is -0.148. The van der Waals surface area contributed by atoms with Gasteiger partial charge in [0.25, 0.3) is 0 Å². The van der Waals surface area contributed by atoms with Crippen molar-refractivity contribution < 1.29 is 9.84 Å². The summed E-state index contributed by atoms with van der Waals surface area (Å²) in [6.45, 7) is 2.26. The molecule has 0 radical (unpaired) electrons. The van der Waals surface area contributed by atoms with Gasteiger partial charge in [0.15, 0.2) is 0 Å². The Labute approximate surface area is 182 Å². The molecule has 2 unspecified atom stereocenters. The molecule has 4 aromatic carbocycles. The number of fused-ring (bicyclic) bond motifs is 4. The van der Waals surface area contributed by atoms with E-state index in [0.29, 0.717) is 26.1 Å². The largest absolute Gasteiger partial charge is 0.385 e. The number of ether oxygens (including phenoxy) is 1. The van der Waals surface area contributed by atoms with Crippen LogP contribution in [0.2, 0.25) is 0 Å². The predicted molar refractivity (Wildman–Crippen MR) is 125 cm³/mol. The van der Waals surface area contributed by atoms with Crippen LogP contribution in [0.25, 0.3) is 21.5 Å². The Balaban J connectivity index is 1.45. The molecule has 0 aliphatic carbocycles. The second-order valence-electron chi connectivity index (χ2n) is 9.14. The molecule has 31 heavy (non-hydrogen) atoms. The number of nitrogens with zero attached hydrogens (tertiary/aromatic N) is 1. The third-order valence-electron chi connectivity index (χ3n) is 7.15. The molecule has 3 heteroatoms. The number of aliphatic hydroxyl groups is 1. The van der Waals surface area contributed by atoms with Gasteiger partial charge in [0.05, 0.1) is 18.8 Å². The number of rotatable bonds is 3. The van der Waals surface area contributed by atoms with Crippen molar-refractivity contribution in [3.05, 3.63) is 96.1 Å². The first kappa shape index (κ1) is 19.0. The topological polar surface area (TPSA) is 32.7 Å². The molecule has 2 aliphatic heterocycles. The normalized spacial score (nSPS) is 26.4. The standard InChI is InChI=1S/C28H27NO2/c30-28(27-25-12-6-4-10-21(25)14-22-11-5-7-13-26(22)27)15-23-18-31-19-24(16-28)29(23)17-20-8-2-1-3-9-20/h1-14,23-24,30H,15-19H2. The zero-order chi connectivity index (χ0) is 20.8. The van der Waals surface area contributed by atoms with Crippen molar-refractivity contribution in [2.45, 2.75) is 37.1 Å². The summed E-state index contributed by atoms with van der Waals surface area (Å²) in [4.78, 5) is 2.56. The van der Waals surface area contributed by atoms with Crippen LogP contribution in [0.4, 0.5) is 0 Å². The second-order valence-corrected chi connectivity index (χ2v) is 9.14. The van der Waals surface area contributed by atoms with E-state index in [2.05, 4.69) is 89.8 Å². The van der Waals surface area contributed by atoms with Crippen LogP contribution in [0.15, 0.2) is 84.9 Å². The van der Waals surface area contributed by atoms with Crippen molar-refractivity contribution in [3.8, 4) is 0 Å². The molecule has 1 N–H and O–H groups in total. The molecule has 2 fully saturated rings. The lowest BCUT2D eigenvalue weighted by Crippen LogP contribution is -2.60. The van der Waals surface area contributed by atoms with Crippen molar-refractivity contribution in [3.63, 3.8) is 0 Å². The van der Waals surface area contributed by atoms with Crippen LogP contribution in [0, 0.1) is 0 Å². The maximum Gasteiger partial charge on any atom is 0.0940 e. The van der Waals surface area contributed by atoms with E-state index in [9.17, 15) is 5.11 Å². The van der Waals surface area contributed by atoms with E-state index in [-0.39, 0.29) is 12.1 Å². The molecular weight excluding hydrogens is 382 g/mol. The Morgan fingerprint density at radius 1 is 0.774 bits per heavy atom. The molecule has 0 aromatic heterocycles. The van der Waals surface area contributed by atoms with Gasteiger partial charge in [0.2, 0.25) is 0 Å². The lowest BCUT2D eigenvalue weighted by atomic mass is 9.73. The van der Waals surface area contributed by atoms with E-state index < -0.39 is 5.60 Å². The van der Waals surface area contributed by atoms with E-state index in [4.69, 9.17) is 4.74 Å². The number of hydrogen-bond acceptors (Lipinski definition) is 3. The van der Waals surface area contributed by atoms with Crippen molar-refractivity contribution in [2.75, 3.05) is 13.2 Å². The number of benzene rings is 4. The van der Waals surface area contributed by atoms with Crippen LogP contribution in [-0.2, 0) is 16.9 Å². The lowest BCUT2D eigenvalue weighted by Gasteiger charge is -2.52. The van der Waals surface area contributed by atoms with Crippen LogP contribution >= 0.6 is 0 Å². The zero-order valence-electron chi connectivity index (χ0n) is 17.6. The molecule has 2 heterocycles. The predicted octanol–water partition coefficient (Wildman–Crippen LogP) is 5.24. The molecule has 2 aliphatic rings. The van der Waals surface area contributed by atoms with Crippen LogP contribution in [0.1, 0.15) is 24.0 Å². The molecule has 3 nitrogen and oxygen atoms in total. The number of morpholine rings is 1. The fourth-order valence-corrected chi connectivity index (χ4v) is 5.82. The van der Waals surface area contributed by atoms with Crippen LogP contribution in [0.5, 0.6) is 0 Å². The van der Waals surface area contributed by atoms with E-state index in [1.54, 1.807) is 0 Å². The summed E-state index contributed by atoms with van der Waals surface area (Å²) in [7, 11) is 0. The second kappa shape index (κ2) is 7.45. The Kier molecular flexibility index (Phi) is 4.57. The summed E-state index contributed by atoms with van der Waals surface area (Å²) >= 11 is 0. The molecule has 2 bridgehead atoms. The van der Waals surface area contributed by atoms with Gasteiger partial charge < -0.3 is 9.84 Å². The molecule has 156 valence electrons. The highest BCUT2D eigenvalue weighted by atomic mass is 16.5. The summed E-state index contributed by atoms with van der Waals surface area (Å²) in [5.74, 6) is 0. The Hall–Kier alpha value is -2.72. The fourth-order valence-electron chi connectivity index (χ4n) is 5.82. The van der Waals surface area contributed by atoms with Gasteiger partial charge in [-0.25, -0.2) is 0 Å². The van der Waals surface area contributed by atoms with Gasteiger partial charge in [0, 0.05) is 18.6 Å². The molecule has 6 rings (SSSR count). The fraction of sp³-hybridized carbons (Fsp3) is 0.286. The highest BCUT2D eigenvalue weighted by molar-refractivity contribution is 6.03. The zero-order valence-corrected chi connectivity index (χ0v) is 17.6. The maximum absolute atomic E-state index is 12.2. The Bertz CT molecular complexity index is 1170. The number of piperidine rings is 1. The first-order chi connectivity index (χ1) is 15.2. The van der Waals surface area contributed by atoms with E-state index in [1.807, 2.05) is 0 Å².